The van der Waals surface area contributed by atoms with E-state index in [-0.39, 0.29) is 0 Å². The topological polar surface area (TPSA) is 29.9 Å². The van der Waals surface area contributed by atoms with Crippen molar-refractivity contribution in [1.29, 1.82) is 0 Å². The predicted octanol–water partition coefficient (Wildman–Crippen LogP) is 3.38. The van der Waals surface area contributed by atoms with E-state index in [0.29, 0.717) is 12.1 Å². The summed E-state index contributed by atoms with van der Waals surface area (Å²) in [6.07, 6.45) is 4.05. The molecule has 0 aromatic carbocycles. The van der Waals surface area contributed by atoms with Gasteiger partial charge in [-0.25, -0.2) is 0 Å². The van der Waals surface area contributed by atoms with Gasteiger partial charge in [0.2, 0.25) is 0 Å². The quantitative estimate of drug-likeness (QED) is 0.880. The zero-order chi connectivity index (χ0) is 12.3. The summed E-state index contributed by atoms with van der Waals surface area (Å²) < 4.78 is 1.99. The summed E-state index contributed by atoms with van der Waals surface area (Å²) in [6, 6.07) is 5.09. The van der Waals surface area contributed by atoms with Crippen LogP contribution in [0.5, 0.6) is 0 Å². The number of nitrogens with zero attached hydrogens (tertiary/aromatic N) is 2. The molecule has 17 heavy (non-hydrogen) atoms. The molecule has 0 saturated heterocycles. The number of aromatic nitrogens is 2. The molecule has 1 N–H and O–H groups in total. The van der Waals surface area contributed by atoms with Crippen molar-refractivity contribution in [3.05, 3.63) is 40.3 Å². The van der Waals surface area contributed by atoms with E-state index in [1.165, 1.54) is 10.4 Å². The number of hydrogen-bond acceptors (Lipinski definition) is 3. The minimum atomic E-state index is 0.400. The van der Waals surface area contributed by atoms with Crippen molar-refractivity contribution in [2.45, 2.75) is 39.4 Å². The maximum absolute atomic E-state index is 4.34. The third kappa shape index (κ3) is 3.17. The van der Waals surface area contributed by atoms with E-state index in [0.717, 1.165) is 6.54 Å². The highest BCUT2D eigenvalue weighted by molar-refractivity contribution is 7.10. The van der Waals surface area contributed by atoms with Gasteiger partial charge in [0.05, 0.1) is 6.20 Å². The van der Waals surface area contributed by atoms with Crippen molar-refractivity contribution >= 4 is 11.3 Å². The van der Waals surface area contributed by atoms with Gasteiger partial charge >= 0.3 is 0 Å². The average Bonchev–Trinajstić information content (AvgIpc) is 2.97. The van der Waals surface area contributed by atoms with Gasteiger partial charge in [-0.3, -0.25) is 4.68 Å². The fourth-order valence-corrected chi connectivity index (χ4v) is 2.42. The van der Waals surface area contributed by atoms with Crippen LogP contribution in [0, 0.1) is 0 Å². The van der Waals surface area contributed by atoms with Crippen LogP contribution in [-0.2, 0) is 6.54 Å². The van der Waals surface area contributed by atoms with Crippen molar-refractivity contribution in [3.8, 4) is 0 Å². The van der Waals surface area contributed by atoms with Crippen molar-refractivity contribution in [1.82, 2.24) is 15.1 Å². The van der Waals surface area contributed by atoms with Crippen LogP contribution in [0.3, 0.4) is 0 Å². The van der Waals surface area contributed by atoms with Gasteiger partial charge in [-0.2, -0.15) is 5.10 Å². The van der Waals surface area contributed by atoms with Gasteiger partial charge in [0.25, 0.3) is 0 Å². The number of nitrogens with one attached hydrogen (secondary N) is 1. The van der Waals surface area contributed by atoms with Gasteiger partial charge in [-0.05, 0) is 32.2 Å². The molecule has 0 aliphatic heterocycles. The second kappa shape index (κ2) is 5.47. The maximum Gasteiger partial charge on any atom is 0.0534 e. The number of thiophene rings is 1. The Morgan fingerprint density at radius 1 is 1.41 bits per heavy atom. The molecule has 2 heterocycles. The lowest BCUT2D eigenvalue weighted by Crippen LogP contribution is -2.16. The number of hydrogen-bond donors (Lipinski definition) is 1. The van der Waals surface area contributed by atoms with Crippen LogP contribution < -0.4 is 5.32 Å². The Morgan fingerprint density at radius 2 is 2.24 bits per heavy atom. The zero-order valence-electron chi connectivity index (χ0n) is 10.6. The summed E-state index contributed by atoms with van der Waals surface area (Å²) in [5.41, 5.74) is 1.24. The van der Waals surface area contributed by atoms with Gasteiger partial charge in [0.15, 0.2) is 0 Å². The predicted molar refractivity (Wildman–Crippen MR) is 72.2 cm³/mol. The second-order valence-corrected chi connectivity index (χ2v) is 5.52. The summed E-state index contributed by atoms with van der Waals surface area (Å²) >= 11 is 1.79. The molecule has 0 fully saturated rings. The van der Waals surface area contributed by atoms with Gasteiger partial charge in [0, 0.05) is 35.3 Å². The summed E-state index contributed by atoms with van der Waals surface area (Å²) in [5, 5.41) is 9.96. The lowest BCUT2D eigenvalue weighted by atomic mass is 10.2. The van der Waals surface area contributed by atoms with Crippen molar-refractivity contribution in [3.63, 3.8) is 0 Å². The third-order valence-corrected chi connectivity index (χ3v) is 3.82. The first kappa shape index (κ1) is 12.3. The van der Waals surface area contributed by atoms with E-state index in [4.69, 9.17) is 0 Å². The Morgan fingerprint density at radius 3 is 2.82 bits per heavy atom. The fourth-order valence-electron chi connectivity index (χ4n) is 1.66. The molecule has 92 valence electrons. The van der Waals surface area contributed by atoms with E-state index < -0.39 is 0 Å². The molecule has 0 amide bonds. The highest BCUT2D eigenvalue weighted by Crippen LogP contribution is 2.18. The molecule has 0 saturated carbocycles. The van der Waals surface area contributed by atoms with Gasteiger partial charge < -0.3 is 5.32 Å². The summed E-state index contributed by atoms with van der Waals surface area (Å²) in [5.74, 6) is 0. The highest BCUT2D eigenvalue weighted by atomic mass is 32.1. The third-order valence-electron chi connectivity index (χ3n) is 2.77. The molecule has 0 unspecified atom stereocenters. The molecule has 1 atom stereocenters. The van der Waals surface area contributed by atoms with Crippen LogP contribution in [0.4, 0.5) is 0 Å². The molecule has 3 nitrogen and oxygen atoms in total. The van der Waals surface area contributed by atoms with Crippen molar-refractivity contribution < 1.29 is 0 Å². The zero-order valence-corrected chi connectivity index (χ0v) is 11.4. The largest absolute Gasteiger partial charge is 0.305 e. The highest BCUT2D eigenvalue weighted by Gasteiger charge is 2.07. The lowest BCUT2D eigenvalue weighted by Gasteiger charge is -2.10. The molecule has 0 aliphatic rings. The van der Waals surface area contributed by atoms with Crippen LogP contribution in [0.25, 0.3) is 0 Å². The molecule has 0 spiro atoms. The molecule has 2 rings (SSSR count). The number of rotatable bonds is 5. The molecule has 2 aromatic heterocycles. The maximum atomic E-state index is 4.34. The summed E-state index contributed by atoms with van der Waals surface area (Å²) in [6.45, 7) is 7.33. The first-order valence-corrected chi connectivity index (χ1v) is 6.84. The van der Waals surface area contributed by atoms with Crippen LogP contribution in [-0.4, -0.2) is 9.78 Å². The lowest BCUT2D eigenvalue weighted by molar-refractivity contribution is 0.530. The van der Waals surface area contributed by atoms with E-state index in [1.54, 1.807) is 11.3 Å². The van der Waals surface area contributed by atoms with Gasteiger partial charge in [-0.1, -0.05) is 6.07 Å². The smallest absolute Gasteiger partial charge is 0.0534 e. The normalized spacial score (nSPS) is 13.2. The first-order valence-electron chi connectivity index (χ1n) is 5.96. The monoisotopic (exact) mass is 249 g/mol. The molecular formula is C13H19N3S. The van der Waals surface area contributed by atoms with Crippen LogP contribution >= 0.6 is 11.3 Å². The Hall–Kier alpha value is -1.13. The Labute approximate surface area is 106 Å². The minimum Gasteiger partial charge on any atom is -0.305 e. The van der Waals surface area contributed by atoms with Gasteiger partial charge in [0.1, 0.15) is 0 Å². The van der Waals surface area contributed by atoms with Crippen molar-refractivity contribution in [2.75, 3.05) is 0 Å². The first-order chi connectivity index (χ1) is 8.16. The Kier molecular flexibility index (Phi) is 3.97. The van der Waals surface area contributed by atoms with Gasteiger partial charge in [-0.15, -0.1) is 11.3 Å². The molecule has 4 heteroatoms. The Balaban J connectivity index is 1.89. The standard InChI is InChI=1S/C13H19N3S/c1-10(2)16-9-12(8-15-16)7-14-11(3)13-5-4-6-17-13/h4-6,8-11,14H,7H2,1-3H3/t11-/m0/s1. The van der Waals surface area contributed by atoms with Crippen LogP contribution in [0.2, 0.25) is 0 Å². The molecule has 0 radical (unpaired) electrons. The minimum absolute atomic E-state index is 0.400. The van der Waals surface area contributed by atoms with E-state index >= 15 is 0 Å². The molecule has 0 aliphatic carbocycles. The molecule has 2 aromatic rings. The average molecular weight is 249 g/mol. The van der Waals surface area contributed by atoms with E-state index in [2.05, 4.69) is 54.9 Å². The fraction of sp³-hybridized carbons (Fsp3) is 0.462. The van der Waals surface area contributed by atoms with E-state index in [1.807, 2.05) is 10.9 Å². The summed E-state index contributed by atoms with van der Waals surface area (Å²) in [7, 11) is 0. The molecule has 0 bridgehead atoms. The SMILES string of the molecule is CC(C)n1cc(CN[C@@H](C)c2cccs2)cn1. The van der Waals surface area contributed by atoms with Crippen LogP contribution in [0.15, 0.2) is 29.9 Å². The Bertz CT molecular complexity index is 445. The van der Waals surface area contributed by atoms with E-state index in [9.17, 15) is 0 Å². The molecular weight excluding hydrogens is 230 g/mol. The second-order valence-electron chi connectivity index (χ2n) is 4.54. The summed E-state index contributed by atoms with van der Waals surface area (Å²) in [4.78, 5) is 1.38. The van der Waals surface area contributed by atoms with Crippen LogP contribution in [0.1, 0.15) is 43.3 Å². The van der Waals surface area contributed by atoms with Crippen molar-refractivity contribution in [2.24, 2.45) is 0 Å².